The molecule has 1 aromatic rings. The van der Waals surface area contributed by atoms with Crippen LogP contribution in [-0.4, -0.2) is 10.9 Å². The minimum Gasteiger partial charge on any atom is -0.508 e. The number of rotatable bonds is 5. The molecule has 0 aliphatic carbocycles. The van der Waals surface area contributed by atoms with Gasteiger partial charge >= 0.3 is 5.63 Å². The highest BCUT2D eigenvalue weighted by molar-refractivity contribution is 5.90. The van der Waals surface area contributed by atoms with Gasteiger partial charge in [-0.05, 0) is 12.5 Å². The first-order chi connectivity index (χ1) is 7.61. The second-order valence-electron chi connectivity index (χ2n) is 3.44. The molecular weight excluding hydrogens is 208 g/mol. The Morgan fingerprint density at radius 1 is 1.50 bits per heavy atom. The summed E-state index contributed by atoms with van der Waals surface area (Å²) >= 11 is 0. The summed E-state index contributed by atoms with van der Waals surface area (Å²) in [5, 5.41) is 9.13. The Balaban J connectivity index is 2.66. The summed E-state index contributed by atoms with van der Waals surface area (Å²) in [5.74, 6) is -0.157. The number of unbranched alkanes of at least 4 members (excludes halogenated alkanes) is 1. The van der Waals surface area contributed by atoms with Gasteiger partial charge in [-0.1, -0.05) is 19.4 Å². The molecule has 1 N–H and O–H groups in total. The van der Waals surface area contributed by atoms with Gasteiger partial charge in [0.25, 0.3) is 0 Å². The van der Waals surface area contributed by atoms with Crippen LogP contribution in [-0.2, 0) is 11.2 Å². The van der Waals surface area contributed by atoms with E-state index in [0.717, 1.165) is 18.9 Å². The lowest BCUT2D eigenvalue weighted by Crippen LogP contribution is -2.03. The predicted molar refractivity (Wildman–Crippen MR) is 59.4 cm³/mol. The van der Waals surface area contributed by atoms with Crippen molar-refractivity contribution >= 4 is 5.78 Å². The first-order valence-electron chi connectivity index (χ1n) is 5.14. The van der Waals surface area contributed by atoms with Gasteiger partial charge < -0.3 is 9.52 Å². The number of hydrogen-bond donors (Lipinski definition) is 1. The van der Waals surface area contributed by atoms with Crippen molar-refractivity contribution in [1.82, 2.24) is 0 Å². The number of ketones is 1. The Morgan fingerprint density at radius 3 is 2.88 bits per heavy atom. The second-order valence-corrected chi connectivity index (χ2v) is 3.44. The van der Waals surface area contributed by atoms with Gasteiger partial charge in [0.2, 0.25) is 0 Å². The quantitative estimate of drug-likeness (QED) is 0.771. The molecule has 1 rings (SSSR count). The predicted octanol–water partition coefficient (Wildman–Crippen LogP) is 1.81. The minimum absolute atomic E-state index is 0.0101. The lowest BCUT2D eigenvalue weighted by atomic mass is 10.2. The van der Waals surface area contributed by atoms with E-state index in [4.69, 9.17) is 9.52 Å². The van der Waals surface area contributed by atoms with Crippen LogP contribution in [0.2, 0.25) is 0 Å². The SMILES string of the molecule is CCC/C=C/C(=O)Cc1cc(O)cc(=O)o1. The van der Waals surface area contributed by atoms with Crippen molar-refractivity contribution in [3.8, 4) is 5.75 Å². The van der Waals surface area contributed by atoms with E-state index >= 15 is 0 Å². The highest BCUT2D eigenvalue weighted by atomic mass is 16.4. The van der Waals surface area contributed by atoms with E-state index in [1.54, 1.807) is 6.08 Å². The van der Waals surface area contributed by atoms with Gasteiger partial charge in [-0.3, -0.25) is 4.79 Å². The van der Waals surface area contributed by atoms with Crippen molar-refractivity contribution in [2.75, 3.05) is 0 Å². The Bertz CT molecular complexity index is 443. The summed E-state index contributed by atoms with van der Waals surface area (Å²) in [6.07, 6.45) is 5.06. The van der Waals surface area contributed by atoms with E-state index in [0.29, 0.717) is 0 Å². The van der Waals surface area contributed by atoms with Gasteiger partial charge in [-0.2, -0.15) is 0 Å². The molecule has 0 saturated heterocycles. The van der Waals surface area contributed by atoms with E-state index in [2.05, 4.69) is 0 Å². The highest BCUT2D eigenvalue weighted by Crippen LogP contribution is 2.08. The molecule has 1 heterocycles. The Labute approximate surface area is 93.2 Å². The number of hydrogen-bond acceptors (Lipinski definition) is 4. The standard InChI is InChI=1S/C12H14O4/c1-2-3-4-5-9(13)6-11-7-10(14)8-12(15)16-11/h4-5,7-8,14H,2-3,6H2,1H3/b5-4+. The maximum Gasteiger partial charge on any atom is 0.339 e. The summed E-state index contributed by atoms with van der Waals surface area (Å²) in [4.78, 5) is 22.3. The van der Waals surface area contributed by atoms with Gasteiger partial charge in [-0.15, -0.1) is 0 Å². The molecule has 4 heteroatoms. The smallest absolute Gasteiger partial charge is 0.339 e. The maximum absolute atomic E-state index is 11.4. The lowest BCUT2D eigenvalue weighted by molar-refractivity contribution is -0.114. The van der Waals surface area contributed by atoms with Crippen LogP contribution in [0.3, 0.4) is 0 Å². The van der Waals surface area contributed by atoms with E-state index < -0.39 is 5.63 Å². The van der Waals surface area contributed by atoms with Crippen molar-refractivity contribution in [3.05, 3.63) is 40.5 Å². The highest BCUT2D eigenvalue weighted by Gasteiger charge is 2.04. The molecule has 0 unspecified atom stereocenters. The molecule has 0 spiro atoms. The molecule has 16 heavy (non-hydrogen) atoms. The molecule has 0 radical (unpaired) electrons. The molecule has 4 nitrogen and oxygen atoms in total. The summed E-state index contributed by atoms with van der Waals surface area (Å²) in [6, 6.07) is 2.23. The van der Waals surface area contributed by atoms with E-state index in [1.807, 2.05) is 6.92 Å². The summed E-state index contributed by atoms with van der Waals surface area (Å²) in [5.41, 5.74) is -0.652. The molecule has 0 bridgehead atoms. The zero-order chi connectivity index (χ0) is 12.0. The fraction of sp³-hybridized carbons (Fsp3) is 0.333. The van der Waals surface area contributed by atoms with Crippen LogP contribution >= 0.6 is 0 Å². The van der Waals surface area contributed by atoms with Crippen LogP contribution < -0.4 is 5.63 Å². The molecule has 1 aromatic heterocycles. The third-order valence-corrected chi connectivity index (χ3v) is 1.91. The lowest BCUT2D eigenvalue weighted by Gasteiger charge is -1.96. The van der Waals surface area contributed by atoms with Gasteiger partial charge in [0.1, 0.15) is 11.5 Å². The number of aromatic hydroxyl groups is 1. The number of carbonyl (C=O) groups is 1. The van der Waals surface area contributed by atoms with Crippen molar-refractivity contribution in [2.45, 2.75) is 26.2 Å². The zero-order valence-corrected chi connectivity index (χ0v) is 9.10. The van der Waals surface area contributed by atoms with Crippen molar-refractivity contribution in [1.29, 1.82) is 0 Å². The van der Waals surface area contributed by atoms with Crippen LogP contribution in [0, 0.1) is 0 Å². The first kappa shape index (κ1) is 12.2. The Kier molecular flexibility index (Phi) is 4.51. The third kappa shape index (κ3) is 4.13. The van der Waals surface area contributed by atoms with Gasteiger partial charge in [-0.25, -0.2) is 4.79 Å². The monoisotopic (exact) mass is 222 g/mol. The summed E-state index contributed by atoms with van der Waals surface area (Å²) in [6.45, 7) is 2.02. The third-order valence-electron chi connectivity index (χ3n) is 1.91. The summed E-state index contributed by atoms with van der Waals surface area (Å²) < 4.78 is 4.76. The van der Waals surface area contributed by atoms with Crippen LogP contribution in [0.25, 0.3) is 0 Å². The van der Waals surface area contributed by atoms with E-state index in [-0.39, 0.29) is 23.7 Å². The molecule has 0 atom stereocenters. The van der Waals surface area contributed by atoms with Gasteiger partial charge in [0.15, 0.2) is 5.78 Å². The van der Waals surface area contributed by atoms with Crippen molar-refractivity contribution in [3.63, 3.8) is 0 Å². The normalized spacial score (nSPS) is 10.8. The first-order valence-corrected chi connectivity index (χ1v) is 5.14. The molecule has 0 fully saturated rings. The van der Waals surface area contributed by atoms with Crippen LogP contribution in [0.5, 0.6) is 5.75 Å². The Morgan fingerprint density at radius 2 is 2.25 bits per heavy atom. The van der Waals surface area contributed by atoms with Crippen LogP contribution in [0.1, 0.15) is 25.5 Å². The fourth-order valence-electron chi connectivity index (χ4n) is 1.21. The molecule has 0 aliphatic rings. The minimum atomic E-state index is -0.652. The molecular formula is C12H14O4. The molecule has 86 valence electrons. The van der Waals surface area contributed by atoms with Crippen molar-refractivity contribution < 1.29 is 14.3 Å². The molecule has 0 aliphatic heterocycles. The molecule has 0 aromatic carbocycles. The molecule has 0 saturated carbocycles. The maximum atomic E-state index is 11.4. The van der Waals surface area contributed by atoms with Crippen molar-refractivity contribution in [2.24, 2.45) is 0 Å². The van der Waals surface area contributed by atoms with E-state index in [1.165, 1.54) is 12.1 Å². The van der Waals surface area contributed by atoms with Crippen LogP contribution in [0.4, 0.5) is 0 Å². The van der Waals surface area contributed by atoms with E-state index in [9.17, 15) is 9.59 Å². The average Bonchev–Trinajstić information content (AvgIpc) is 2.16. The average molecular weight is 222 g/mol. The topological polar surface area (TPSA) is 67.5 Å². The Hall–Kier alpha value is -1.84. The van der Waals surface area contributed by atoms with Crippen LogP contribution in [0.15, 0.2) is 33.5 Å². The summed E-state index contributed by atoms with van der Waals surface area (Å²) in [7, 11) is 0. The largest absolute Gasteiger partial charge is 0.508 e. The van der Waals surface area contributed by atoms with Gasteiger partial charge in [0, 0.05) is 6.07 Å². The zero-order valence-electron chi connectivity index (χ0n) is 9.10. The molecule has 0 amide bonds. The fourth-order valence-corrected chi connectivity index (χ4v) is 1.21. The second kappa shape index (κ2) is 5.90. The number of carbonyl (C=O) groups excluding carboxylic acids is 1. The van der Waals surface area contributed by atoms with Gasteiger partial charge in [0.05, 0.1) is 12.5 Å². The number of allylic oxidation sites excluding steroid dienone is 2.